The predicted molar refractivity (Wildman–Crippen MR) is 70.3 cm³/mol. The summed E-state index contributed by atoms with van der Waals surface area (Å²) >= 11 is 0. The van der Waals surface area contributed by atoms with Gasteiger partial charge in [-0.05, 0) is 27.7 Å². The molecule has 3 aliphatic rings. The molecule has 0 aromatic rings. The van der Waals surface area contributed by atoms with E-state index < -0.39 is 29.6 Å². The Morgan fingerprint density at radius 2 is 1.81 bits per heavy atom. The molecule has 0 bridgehead atoms. The normalized spacial score (nSPS) is 45.1. The van der Waals surface area contributed by atoms with Gasteiger partial charge in [0.05, 0.1) is 6.61 Å². The highest BCUT2D eigenvalue weighted by Gasteiger charge is 2.67. The summed E-state index contributed by atoms with van der Waals surface area (Å²) in [6, 6.07) is 0. The Balaban J connectivity index is 1.91. The molecule has 0 aromatic heterocycles. The Hall–Kier alpha value is -0.280. The summed E-state index contributed by atoms with van der Waals surface area (Å²) in [4.78, 5) is 0. The third-order valence-electron chi connectivity index (χ3n) is 4.07. The minimum atomic E-state index is -1.34. The Labute approximate surface area is 124 Å². The van der Waals surface area contributed by atoms with Gasteiger partial charge in [0, 0.05) is 13.0 Å². The lowest BCUT2D eigenvalue weighted by atomic mass is 9.91. The van der Waals surface area contributed by atoms with Crippen molar-refractivity contribution in [3.63, 3.8) is 0 Å². The van der Waals surface area contributed by atoms with E-state index in [-0.39, 0.29) is 31.8 Å². The molecular weight excluding hydrogens is 280 g/mol. The first kappa shape index (κ1) is 15.6. The monoisotopic (exact) mass is 304 g/mol. The summed E-state index contributed by atoms with van der Waals surface area (Å²) in [6.07, 6.45) is -2.14. The van der Waals surface area contributed by atoms with Crippen molar-refractivity contribution in [1.29, 1.82) is 0 Å². The van der Waals surface area contributed by atoms with Gasteiger partial charge in [-0.1, -0.05) is 0 Å². The van der Waals surface area contributed by atoms with E-state index in [0.717, 1.165) is 0 Å². The van der Waals surface area contributed by atoms with Crippen LogP contribution in [0.1, 0.15) is 34.1 Å². The van der Waals surface area contributed by atoms with Crippen molar-refractivity contribution < 1.29 is 33.9 Å². The largest absolute Gasteiger partial charge is 0.396 e. The summed E-state index contributed by atoms with van der Waals surface area (Å²) in [6.45, 7) is 7.26. The zero-order valence-electron chi connectivity index (χ0n) is 12.9. The van der Waals surface area contributed by atoms with E-state index in [9.17, 15) is 5.11 Å². The van der Waals surface area contributed by atoms with Gasteiger partial charge < -0.3 is 33.9 Å². The summed E-state index contributed by atoms with van der Waals surface area (Å²) in [5.74, 6) is -2.98. The van der Waals surface area contributed by atoms with Gasteiger partial charge in [0.2, 0.25) is 5.79 Å². The molecule has 21 heavy (non-hydrogen) atoms. The van der Waals surface area contributed by atoms with Crippen LogP contribution in [0, 0.1) is 0 Å². The average molecular weight is 304 g/mol. The number of aliphatic hydroxyl groups is 2. The standard InChI is InChI=1S/C14H24O7/c1-12(2)18-8-7-17-14(9(16)5-6-15)11(10(8)19-12)20-13(3,4)21-14/h8-11,15-16H,5-7H2,1-4H3/t8-,9-,10-,11+,14+/m1/s1. The van der Waals surface area contributed by atoms with Crippen LogP contribution in [0.4, 0.5) is 0 Å². The van der Waals surface area contributed by atoms with Crippen LogP contribution in [0.2, 0.25) is 0 Å². The molecule has 3 heterocycles. The van der Waals surface area contributed by atoms with Crippen molar-refractivity contribution in [3.05, 3.63) is 0 Å². The first-order valence-corrected chi connectivity index (χ1v) is 7.36. The van der Waals surface area contributed by atoms with Crippen LogP contribution in [0.5, 0.6) is 0 Å². The first-order valence-electron chi connectivity index (χ1n) is 7.36. The van der Waals surface area contributed by atoms with E-state index in [1.165, 1.54) is 0 Å². The summed E-state index contributed by atoms with van der Waals surface area (Å²) in [5.41, 5.74) is 0. The van der Waals surface area contributed by atoms with E-state index >= 15 is 0 Å². The molecule has 2 N–H and O–H groups in total. The second kappa shape index (κ2) is 4.86. The fraction of sp³-hybridized carbons (Fsp3) is 1.00. The molecule has 0 aliphatic carbocycles. The van der Waals surface area contributed by atoms with Crippen LogP contribution in [0.3, 0.4) is 0 Å². The SMILES string of the molecule is CC1(C)O[C@@H]2[C@@H](CO[C@@]3([C@H](O)CCO)OC(C)(C)O[C@@H]23)O1. The van der Waals surface area contributed by atoms with Crippen LogP contribution in [-0.4, -0.2) is 65.2 Å². The van der Waals surface area contributed by atoms with E-state index in [1.807, 2.05) is 13.8 Å². The summed E-state index contributed by atoms with van der Waals surface area (Å²) < 4.78 is 29.4. The average Bonchev–Trinajstić information content (AvgIpc) is 2.81. The molecular formula is C14H24O7. The van der Waals surface area contributed by atoms with Gasteiger partial charge in [0.1, 0.15) is 24.4 Å². The summed E-state index contributed by atoms with van der Waals surface area (Å²) in [7, 11) is 0. The fourth-order valence-electron chi connectivity index (χ4n) is 3.40. The van der Waals surface area contributed by atoms with E-state index in [1.54, 1.807) is 13.8 Å². The number of hydrogen-bond acceptors (Lipinski definition) is 7. The number of fused-ring (bicyclic) bond motifs is 3. The molecule has 3 aliphatic heterocycles. The van der Waals surface area contributed by atoms with Gasteiger partial charge >= 0.3 is 0 Å². The van der Waals surface area contributed by atoms with Crippen LogP contribution in [-0.2, 0) is 23.7 Å². The highest BCUT2D eigenvalue weighted by Crippen LogP contribution is 2.49. The van der Waals surface area contributed by atoms with Crippen LogP contribution in [0.25, 0.3) is 0 Å². The first-order chi connectivity index (χ1) is 9.69. The summed E-state index contributed by atoms with van der Waals surface area (Å²) in [5, 5.41) is 19.5. The Morgan fingerprint density at radius 3 is 2.48 bits per heavy atom. The topological polar surface area (TPSA) is 86.6 Å². The number of ether oxygens (including phenoxy) is 5. The zero-order valence-corrected chi connectivity index (χ0v) is 12.9. The third-order valence-corrected chi connectivity index (χ3v) is 4.07. The minimum Gasteiger partial charge on any atom is -0.396 e. The molecule has 3 rings (SSSR count). The highest BCUT2D eigenvalue weighted by atomic mass is 16.9. The van der Waals surface area contributed by atoms with Crippen molar-refractivity contribution >= 4 is 0 Å². The molecule has 0 saturated carbocycles. The minimum absolute atomic E-state index is 0.136. The van der Waals surface area contributed by atoms with Gasteiger partial charge in [0.15, 0.2) is 11.6 Å². The molecule has 122 valence electrons. The van der Waals surface area contributed by atoms with Gasteiger partial charge in [-0.15, -0.1) is 0 Å². The Morgan fingerprint density at radius 1 is 1.10 bits per heavy atom. The molecule has 3 saturated heterocycles. The lowest BCUT2D eigenvalue weighted by molar-refractivity contribution is -0.319. The van der Waals surface area contributed by atoms with E-state index in [2.05, 4.69) is 0 Å². The van der Waals surface area contributed by atoms with Crippen LogP contribution >= 0.6 is 0 Å². The quantitative estimate of drug-likeness (QED) is 0.766. The van der Waals surface area contributed by atoms with Gasteiger partial charge in [-0.25, -0.2) is 0 Å². The van der Waals surface area contributed by atoms with Gasteiger partial charge in [-0.3, -0.25) is 0 Å². The number of aliphatic hydroxyl groups excluding tert-OH is 2. The van der Waals surface area contributed by atoms with Crippen molar-refractivity contribution in [2.24, 2.45) is 0 Å². The molecule has 0 amide bonds. The van der Waals surface area contributed by atoms with E-state index in [0.29, 0.717) is 0 Å². The van der Waals surface area contributed by atoms with Gasteiger partial charge in [-0.2, -0.15) is 0 Å². The second-order valence-electron chi connectivity index (χ2n) is 6.74. The molecule has 0 radical (unpaired) electrons. The van der Waals surface area contributed by atoms with Gasteiger partial charge in [0.25, 0.3) is 0 Å². The predicted octanol–water partition coefficient (Wildman–Crippen LogP) is 0.128. The van der Waals surface area contributed by atoms with Crippen molar-refractivity contribution in [1.82, 2.24) is 0 Å². The lowest BCUT2D eigenvalue weighted by Gasteiger charge is -2.43. The second-order valence-corrected chi connectivity index (χ2v) is 6.74. The molecule has 7 nitrogen and oxygen atoms in total. The Kier molecular flexibility index (Phi) is 3.61. The maximum absolute atomic E-state index is 10.4. The highest BCUT2D eigenvalue weighted by molar-refractivity contribution is 5.06. The smallest absolute Gasteiger partial charge is 0.227 e. The van der Waals surface area contributed by atoms with Crippen LogP contribution < -0.4 is 0 Å². The molecule has 3 fully saturated rings. The van der Waals surface area contributed by atoms with Crippen LogP contribution in [0.15, 0.2) is 0 Å². The molecule has 5 atom stereocenters. The maximum atomic E-state index is 10.4. The maximum Gasteiger partial charge on any atom is 0.227 e. The molecule has 0 aromatic carbocycles. The molecule has 7 heteroatoms. The zero-order chi connectivity index (χ0) is 15.5. The van der Waals surface area contributed by atoms with Crippen molar-refractivity contribution in [2.45, 2.75) is 75.9 Å². The van der Waals surface area contributed by atoms with Crippen molar-refractivity contribution in [3.8, 4) is 0 Å². The number of rotatable bonds is 3. The Bertz CT molecular complexity index is 410. The lowest BCUT2D eigenvalue weighted by Crippen LogP contribution is -2.63. The van der Waals surface area contributed by atoms with Crippen molar-refractivity contribution in [2.75, 3.05) is 13.2 Å². The number of hydrogen-bond donors (Lipinski definition) is 2. The molecule has 0 spiro atoms. The fourth-order valence-corrected chi connectivity index (χ4v) is 3.40. The van der Waals surface area contributed by atoms with E-state index in [4.69, 9.17) is 28.8 Å². The third kappa shape index (κ3) is 2.50. The molecule has 0 unspecified atom stereocenters.